The van der Waals surface area contributed by atoms with Crippen molar-refractivity contribution in [2.45, 2.75) is 18.2 Å². The molecule has 0 unspecified atom stereocenters. The third kappa shape index (κ3) is 4.45. The van der Waals surface area contributed by atoms with Crippen LogP contribution in [0.1, 0.15) is 13.3 Å². The maximum absolute atomic E-state index is 11.3. The van der Waals surface area contributed by atoms with E-state index in [1.54, 1.807) is 25.0 Å². The van der Waals surface area contributed by atoms with E-state index in [0.29, 0.717) is 17.2 Å². The zero-order valence-corrected chi connectivity index (χ0v) is 10.8. The van der Waals surface area contributed by atoms with Crippen molar-refractivity contribution in [2.24, 2.45) is 0 Å². The molecule has 1 rings (SSSR count). The molecular formula is C12H13ClO2S. The molecule has 0 aliphatic carbocycles. The van der Waals surface area contributed by atoms with Gasteiger partial charge in [-0.15, -0.1) is 11.8 Å². The van der Waals surface area contributed by atoms with Gasteiger partial charge >= 0.3 is 0 Å². The Morgan fingerprint density at radius 2 is 2.25 bits per heavy atom. The maximum Gasteiger partial charge on any atom is 0.148 e. The first-order chi connectivity index (χ1) is 7.65. The molecule has 0 amide bonds. The smallest absolute Gasteiger partial charge is 0.148 e. The van der Waals surface area contributed by atoms with Crippen LogP contribution in [0.2, 0.25) is 5.02 Å². The molecule has 0 heterocycles. The number of carbonyl (C=O) groups is 1. The van der Waals surface area contributed by atoms with Crippen LogP contribution in [0, 0.1) is 12.2 Å². The van der Waals surface area contributed by atoms with Crippen LogP contribution >= 0.6 is 23.4 Å². The van der Waals surface area contributed by atoms with E-state index in [1.165, 1.54) is 11.8 Å². The summed E-state index contributed by atoms with van der Waals surface area (Å²) < 4.78 is 5.09. The fourth-order valence-electron chi connectivity index (χ4n) is 1.11. The molecule has 0 saturated heterocycles. The zero-order valence-electron chi connectivity index (χ0n) is 9.20. The summed E-state index contributed by atoms with van der Waals surface area (Å²) >= 11 is 7.26. The highest BCUT2D eigenvalue weighted by atomic mass is 35.5. The van der Waals surface area contributed by atoms with Gasteiger partial charge in [0.1, 0.15) is 11.5 Å². The molecule has 4 heteroatoms. The van der Waals surface area contributed by atoms with Crippen LogP contribution in [0.4, 0.5) is 0 Å². The third-order valence-corrected chi connectivity index (χ3v) is 2.92. The van der Waals surface area contributed by atoms with Crippen molar-refractivity contribution in [3.05, 3.63) is 35.4 Å². The number of thioether (sulfide) groups is 1. The number of halogens is 1. The number of hydrogen-bond donors (Lipinski definition) is 0. The topological polar surface area (TPSA) is 26.3 Å². The second-order valence-electron chi connectivity index (χ2n) is 3.14. The molecule has 0 aromatic heterocycles. The second kappa shape index (κ2) is 6.81. The summed E-state index contributed by atoms with van der Waals surface area (Å²) in [4.78, 5) is 12.2. The van der Waals surface area contributed by atoms with E-state index in [9.17, 15) is 4.79 Å². The summed E-state index contributed by atoms with van der Waals surface area (Å²) in [5, 5.41) is 0.602. The molecule has 1 aromatic rings. The molecule has 0 atom stereocenters. The molecule has 0 aliphatic heterocycles. The Kier molecular flexibility index (Phi) is 5.71. The highest BCUT2D eigenvalue weighted by Crippen LogP contribution is 2.29. The summed E-state index contributed by atoms with van der Waals surface area (Å²) in [5.41, 5.74) is 0. The van der Waals surface area contributed by atoms with Crippen molar-refractivity contribution in [1.29, 1.82) is 0 Å². The fourth-order valence-corrected chi connectivity index (χ4v) is 2.14. The zero-order chi connectivity index (χ0) is 12.0. The van der Waals surface area contributed by atoms with Gasteiger partial charge in [0.2, 0.25) is 0 Å². The highest BCUT2D eigenvalue weighted by molar-refractivity contribution is 8.02. The lowest BCUT2D eigenvalue weighted by atomic mass is 10.3. The molecule has 86 valence electrons. The standard InChI is InChI=1S/C12H13ClO2S/c1-3-4-10(14)8-16-12-6-9(13)5-11(7-12)15-2/h3,5-8H,4H2,1-2H3. The van der Waals surface area contributed by atoms with Crippen molar-refractivity contribution in [2.75, 3.05) is 7.11 Å². The van der Waals surface area contributed by atoms with Crippen LogP contribution < -0.4 is 4.74 Å². The van der Waals surface area contributed by atoms with Crippen LogP contribution in [0.25, 0.3) is 0 Å². The number of benzene rings is 1. The lowest BCUT2D eigenvalue weighted by Gasteiger charge is -2.04. The number of carbonyl (C=O) groups excluding carboxylic acids is 1. The fraction of sp³-hybridized carbons (Fsp3) is 0.250. The summed E-state index contributed by atoms with van der Waals surface area (Å²) in [6, 6.07) is 5.37. The Balaban J connectivity index is 2.59. The van der Waals surface area contributed by atoms with Gasteiger partial charge in [-0.1, -0.05) is 18.5 Å². The molecule has 0 aliphatic rings. The minimum absolute atomic E-state index is 0.0893. The van der Waals surface area contributed by atoms with Crippen LogP contribution in [0.5, 0.6) is 5.75 Å². The molecule has 0 N–H and O–H groups in total. The number of Topliss-reactive ketones (excluding diaryl/α,β-unsaturated/α-hetero) is 1. The Hall–Kier alpha value is -0.670. The van der Waals surface area contributed by atoms with Gasteiger partial charge in [0.25, 0.3) is 0 Å². The van der Waals surface area contributed by atoms with E-state index in [4.69, 9.17) is 16.3 Å². The minimum Gasteiger partial charge on any atom is -0.497 e. The average Bonchev–Trinajstić information content (AvgIpc) is 2.26. The van der Waals surface area contributed by atoms with Crippen LogP contribution in [0.15, 0.2) is 23.1 Å². The quantitative estimate of drug-likeness (QED) is 0.725. The number of ether oxygens (including phenoxy) is 1. The Bertz CT molecular complexity index is 366. The largest absolute Gasteiger partial charge is 0.497 e. The Labute approximate surface area is 105 Å². The van der Waals surface area contributed by atoms with Crippen molar-refractivity contribution in [3.63, 3.8) is 0 Å². The van der Waals surface area contributed by atoms with Gasteiger partial charge in [0.05, 0.1) is 12.9 Å². The molecule has 16 heavy (non-hydrogen) atoms. The molecular weight excluding hydrogens is 244 g/mol. The van der Waals surface area contributed by atoms with E-state index >= 15 is 0 Å². The van der Waals surface area contributed by atoms with Crippen molar-refractivity contribution in [3.8, 4) is 5.75 Å². The molecule has 0 saturated carbocycles. The maximum atomic E-state index is 11.3. The lowest BCUT2D eigenvalue weighted by Crippen LogP contribution is -1.94. The molecule has 0 spiro atoms. The van der Waals surface area contributed by atoms with Crippen LogP contribution in [0.3, 0.4) is 0 Å². The molecule has 0 bridgehead atoms. The first-order valence-electron chi connectivity index (χ1n) is 4.81. The van der Waals surface area contributed by atoms with Crippen molar-refractivity contribution in [1.82, 2.24) is 0 Å². The average molecular weight is 257 g/mol. The van der Waals surface area contributed by atoms with E-state index < -0.39 is 0 Å². The summed E-state index contributed by atoms with van der Waals surface area (Å²) in [5.74, 6) is 2.37. The predicted molar refractivity (Wildman–Crippen MR) is 67.8 cm³/mol. The molecule has 1 aromatic carbocycles. The van der Waals surface area contributed by atoms with Gasteiger partial charge < -0.3 is 4.74 Å². The minimum atomic E-state index is 0.0893. The number of hydrogen-bond acceptors (Lipinski definition) is 3. The van der Waals surface area contributed by atoms with Crippen molar-refractivity contribution < 1.29 is 9.53 Å². The first kappa shape index (κ1) is 13.4. The highest BCUT2D eigenvalue weighted by Gasteiger charge is 2.05. The predicted octanol–water partition coefficient (Wildman–Crippen LogP) is 3.79. The third-order valence-electron chi connectivity index (χ3n) is 1.81. The summed E-state index contributed by atoms with van der Waals surface area (Å²) in [6.45, 7) is 1.86. The van der Waals surface area contributed by atoms with Crippen LogP contribution in [-0.4, -0.2) is 12.9 Å². The number of ketones is 1. The van der Waals surface area contributed by atoms with Gasteiger partial charge in [0.15, 0.2) is 0 Å². The van der Waals surface area contributed by atoms with Gasteiger partial charge in [-0.3, -0.25) is 4.79 Å². The monoisotopic (exact) mass is 256 g/mol. The molecule has 2 radical (unpaired) electrons. The van der Waals surface area contributed by atoms with E-state index in [0.717, 1.165) is 4.90 Å². The Morgan fingerprint density at radius 3 is 2.88 bits per heavy atom. The first-order valence-corrected chi connectivity index (χ1v) is 6.06. The number of methoxy groups -OCH3 is 1. The van der Waals surface area contributed by atoms with Gasteiger partial charge in [-0.05, 0) is 24.6 Å². The number of rotatable bonds is 6. The SMILES string of the molecule is C[CH]CC(=O)[CH]Sc1cc(Cl)cc(OC)c1. The second-order valence-corrected chi connectivity index (χ2v) is 4.52. The molecule has 0 fully saturated rings. The van der Waals surface area contributed by atoms with E-state index in [1.807, 2.05) is 19.4 Å². The van der Waals surface area contributed by atoms with Gasteiger partial charge in [-0.2, -0.15) is 0 Å². The summed E-state index contributed by atoms with van der Waals surface area (Å²) in [7, 11) is 1.58. The Morgan fingerprint density at radius 1 is 1.50 bits per heavy atom. The van der Waals surface area contributed by atoms with Gasteiger partial charge in [-0.25, -0.2) is 0 Å². The van der Waals surface area contributed by atoms with Gasteiger partial charge in [0, 0.05) is 16.3 Å². The van der Waals surface area contributed by atoms with E-state index in [2.05, 4.69) is 0 Å². The summed E-state index contributed by atoms with van der Waals surface area (Å²) in [6.07, 6.45) is 2.29. The molecule has 2 nitrogen and oxygen atoms in total. The van der Waals surface area contributed by atoms with Crippen molar-refractivity contribution >= 4 is 29.1 Å². The van der Waals surface area contributed by atoms with Crippen LogP contribution in [-0.2, 0) is 4.79 Å². The van der Waals surface area contributed by atoms with E-state index in [-0.39, 0.29) is 5.78 Å². The normalized spacial score (nSPS) is 10.2. The lowest BCUT2D eigenvalue weighted by molar-refractivity contribution is -0.114.